The highest BCUT2D eigenvalue weighted by atomic mass is 32.1. The topological polar surface area (TPSA) is 38.3 Å². The molecule has 0 saturated carbocycles. The van der Waals surface area contributed by atoms with E-state index >= 15 is 0 Å². The van der Waals surface area contributed by atoms with Gasteiger partial charge in [0.25, 0.3) is 5.91 Å². The van der Waals surface area contributed by atoms with Gasteiger partial charge in [0.2, 0.25) is 0 Å². The van der Waals surface area contributed by atoms with Gasteiger partial charge in [0.1, 0.15) is 0 Å². The summed E-state index contributed by atoms with van der Waals surface area (Å²) in [6.45, 7) is 5.54. The quantitative estimate of drug-likeness (QED) is 0.778. The van der Waals surface area contributed by atoms with E-state index in [-0.39, 0.29) is 11.3 Å². The van der Waals surface area contributed by atoms with Gasteiger partial charge in [-0.15, -0.1) is 12.6 Å². The smallest absolute Gasteiger partial charge is 0.252 e. The van der Waals surface area contributed by atoms with E-state index in [0.717, 1.165) is 6.42 Å². The van der Waals surface area contributed by atoms with Crippen LogP contribution in [0.1, 0.15) is 30.6 Å². The molecule has 0 radical (unpaired) electrons. The summed E-state index contributed by atoms with van der Waals surface area (Å²) in [5, 5.41) is 2.95. The zero-order valence-corrected chi connectivity index (χ0v) is 12.1. The van der Waals surface area contributed by atoms with E-state index in [2.05, 4.69) is 31.8 Å². The molecule has 1 rings (SSSR count). The van der Waals surface area contributed by atoms with Crippen molar-refractivity contribution in [1.29, 1.82) is 0 Å². The van der Waals surface area contributed by atoms with E-state index in [4.69, 9.17) is 4.74 Å². The van der Waals surface area contributed by atoms with Gasteiger partial charge in [-0.2, -0.15) is 0 Å². The van der Waals surface area contributed by atoms with E-state index in [1.54, 1.807) is 13.2 Å². The average Bonchev–Trinajstić information content (AvgIpc) is 2.34. The zero-order valence-electron chi connectivity index (χ0n) is 11.2. The maximum absolute atomic E-state index is 12.0. The fourth-order valence-corrected chi connectivity index (χ4v) is 1.81. The first-order chi connectivity index (χ1) is 8.46. The molecule has 0 fully saturated rings. The number of amides is 1. The first kappa shape index (κ1) is 15.1. The molecule has 1 N–H and O–H groups in total. The Morgan fingerprint density at radius 2 is 2.06 bits per heavy atom. The Morgan fingerprint density at radius 1 is 1.39 bits per heavy atom. The van der Waals surface area contributed by atoms with Crippen LogP contribution in [0.15, 0.2) is 29.2 Å². The Labute approximate surface area is 114 Å². The van der Waals surface area contributed by atoms with Crippen LogP contribution in [-0.4, -0.2) is 26.2 Å². The summed E-state index contributed by atoms with van der Waals surface area (Å²) in [7, 11) is 1.69. The van der Waals surface area contributed by atoms with Gasteiger partial charge in [-0.1, -0.05) is 26.0 Å². The minimum absolute atomic E-state index is 0.0250. The molecule has 0 spiro atoms. The van der Waals surface area contributed by atoms with Gasteiger partial charge in [-0.05, 0) is 24.0 Å². The molecular formula is C14H21NO2S. The van der Waals surface area contributed by atoms with Crippen LogP contribution in [0.2, 0.25) is 0 Å². The van der Waals surface area contributed by atoms with Crippen LogP contribution in [0.3, 0.4) is 0 Å². The summed E-state index contributed by atoms with van der Waals surface area (Å²) in [5.74, 6) is -0.0777. The van der Waals surface area contributed by atoms with Crippen LogP contribution in [-0.2, 0) is 4.74 Å². The van der Waals surface area contributed by atoms with E-state index in [9.17, 15) is 4.79 Å². The standard InChI is InChI=1S/C14H21NO2S/c1-14(2,8-9-17-3)10-15-13(16)11-6-4-5-7-12(11)18/h4-7,18H,8-10H2,1-3H3,(H,15,16). The van der Waals surface area contributed by atoms with Crippen LogP contribution >= 0.6 is 12.6 Å². The Morgan fingerprint density at radius 3 is 2.67 bits per heavy atom. The van der Waals surface area contributed by atoms with Gasteiger partial charge in [-0.3, -0.25) is 4.79 Å². The third kappa shape index (κ3) is 4.70. The van der Waals surface area contributed by atoms with Crippen LogP contribution in [0.4, 0.5) is 0 Å². The van der Waals surface area contributed by atoms with Crippen molar-refractivity contribution in [2.75, 3.05) is 20.3 Å². The Kier molecular flexibility index (Phi) is 5.69. The molecule has 0 bridgehead atoms. The number of thiol groups is 1. The van der Waals surface area contributed by atoms with Crippen LogP contribution in [0.5, 0.6) is 0 Å². The molecule has 0 aliphatic rings. The van der Waals surface area contributed by atoms with Crippen molar-refractivity contribution >= 4 is 18.5 Å². The highest BCUT2D eigenvalue weighted by Crippen LogP contribution is 2.19. The number of benzene rings is 1. The van der Waals surface area contributed by atoms with Crippen molar-refractivity contribution in [3.05, 3.63) is 29.8 Å². The highest BCUT2D eigenvalue weighted by Gasteiger charge is 2.19. The second-order valence-electron chi connectivity index (χ2n) is 5.11. The molecule has 18 heavy (non-hydrogen) atoms. The van der Waals surface area contributed by atoms with E-state index in [0.29, 0.717) is 23.6 Å². The Balaban J connectivity index is 2.54. The second kappa shape index (κ2) is 6.81. The molecule has 0 unspecified atom stereocenters. The Hall–Kier alpha value is -1.00. The fraction of sp³-hybridized carbons (Fsp3) is 0.500. The first-order valence-electron chi connectivity index (χ1n) is 6.01. The summed E-state index contributed by atoms with van der Waals surface area (Å²) in [4.78, 5) is 12.7. The van der Waals surface area contributed by atoms with E-state index in [1.165, 1.54) is 0 Å². The number of nitrogens with one attached hydrogen (secondary N) is 1. The summed E-state index contributed by atoms with van der Waals surface area (Å²) in [5.41, 5.74) is 0.639. The maximum Gasteiger partial charge on any atom is 0.252 e. The largest absolute Gasteiger partial charge is 0.385 e. The van der Waals surface area contributed by atoms with Gasteiger partial charge in [0.05, 0.1) is 5.56 Å². The molecule has 1 aromatic rings. The summed E-state index contributed by atoms with van der Waals surface area (Å²) in [6.07, 6.45) is 0.909. The third-order valence-corrected chi connectivity index (χ3v) is 3.25. The minimum Gasteiger partial charge on any atom is -0.385 e. The van der Waals surface area contributed by atoms with Gasteiger partial charge in [-0.25, -0.2) is 0 Å². The molecule has 1 aromatic carbocycles. The highest BCUT2D eigenvalue weighted by molar-refractivity contribution is 7.80. The molecular weight excluding hydrogens is 246 g/mol. The maximum atomic E-state index is 12.0. The van der Waals surface area contributed by atoms with Crippen LogP contribution < -0.4 is 5.32 Å². The molecule has 4 heteroatoms. The van der Waals surface area contributed by atoms with Crippen LogP contribution in [0, 0.1) is 5.41 Å². The summed E-state index contributed by atoms with van der Waals surface area (Å²) in [6, 6.07) is 7.29. The fourth-order valence-electron chi connectivity index (χ4n) is 1.55. The molecule has 0 atom stereocenters. The van der Waals surface area contributed by atoms with Gasteiger partial charge < -0.3 is 10.1 Å². The van der Waals surface area contributed by atoms with Crippen molar-refractivity contribution in [2.24, 2.45) is 5.41 Å². The van der Waals surface area contributed by atoms with Crippen LogP contribution in [0.25, 0.3) is 0 Å². The lowest BCUT2D eigenvalue weighted by molar-refractivity contribution is 0.0918. The third-order valence-electron chi connectivity index (χ3n) is 2.86. The molecule has 0 aliphatic carbocycles. The number of hydrogen-bond acceptors (Lipinski definition) is 3. The monoisotopic (exact) mass is 267 g/mol. The second-order valence-corrected chi connectivity index (χ2v) is 5.59. The number of methoxy groups -OCH3 is 1. The van der Waals surface area contributed by atoms with Crippen molar-refractivity contribution in [3.63, 3.8) is 0 Å². The van der Waals surface area contributed by atoms with Crippen molar-refractivity contribution in [2.45, 2.75) is 25.2 Å². The lowest BCUT2D eigenvalue weighted by Gasteiger charge is -2.24. The minimum atomic E-state index is -0.0777. The number of ether oxygens (including phenoxy) is 1. The summed E-state index contributed by atoms with van der Waals surface area (Å²) >= 11 is 4.28. The SMILES string of the molecule is COCCC(C)(C)CNC(=O)c1ccccc1S. The molecule has 0 heterocycles. The molecule has 100 valence electrons. The number of hydrogen-bond donors (Lipinski definition) is 2. The average molecular weight is 267 g/mol. The molecule has 0 saturated heterocycles. The van der Waals surface area contributed by atoms with E-state index in [1.807, 2.05) is 18.2 Å². The van der Waals surface area contributed by atoms with Crippen molar-refractivity contribution < 1.29 is 9.53 Å². The zero-order chi connectivity index (χ0) is 13.6. The molecule has 3 nitrogen and oxygen atoms in total. The predicted octanol–water partition coefficient (Wildman–Crippen LogP) is 2.77. The number of rotatable bonds is 6. The Bertz CT molecular complexity index is 405. The molecule has 1 amide bonds. The lowest BCUT2D eigenvalue weighted by atomic mass is 9.89. The van der Waals surface area contributed by atoms with Gasteiger partial charge >= 0.3 is 0 Å². The lowest BCUT2D eigenvalue weighted by Crippen LogP contribution is -2.34. The molecule has 0 aromatic heterocycles. The predicted molar refractivity (Wildman–Crippen MR) is 76.3 cm³/mol. The number of carbonyl (C=O) groups is 1. The molecule has 0 aliphatic heterocycles. The summed E-state index contributed by atoms with van der Waals surface area (Å²) < 4.78 is 5.06. The first-order valence-corrected chi connectivity index (χ1v) is 6.46. The van der Waals surface area contributed by atoms with Gasteiger partial charge in [0.15, 0.2) is 0 Å². The normalized spacial score (nSPS) is 11.3. The number of carbonyl (C=O) groups excluding carboxylic acids is 1. The van der Waals surface area contributed by atoms with Crippen molar-refractivity contribution in [1.82, 2.24) is 5.32 Å². The van der Waals surface area contributed by atoms with E-state index < -0.39 is 0 Å². The van der Waals surface area contributed by atoms with Gasteiger partial charge in [0, 0.05) is 25.2 Å². The van der Waals surface area contributed by atoms with Crippen molar-refractivity contribution in [3.8, 4) is 0 Å².